The first-order chi connectivity index (χ1) is 9.60. The maximum atomic E-state index is 12.9. The molecule has 0 unspecified atom stereocenters. The first kappa shape index (κ1) is 13.9. The number of aromatic carboxylic acids is 1. The van der Waals surface area contributed by atoms with Crippen LogP contribution in [-0.4, -0.2) is 30.5 Å². The van der Waals surface area contributed by atoms with Crippen molar-refractivity contribution >= 4 is 5.97 Å². The highest BCUT2D eigenvalue weighted by molar-refractivity contribution is 5.86. The Labute approximate surface area is 113 Å². The summed E-state index contributed by atoms with van der Waals surface area (Å²) in [7, 11) is 2.84. The molecule has 106 valence electrons. The van der Waals surface area contributed by atoms with E-state index in [1.807, 2.05) is 0 Å². The number of halogens is 1. The monoisotopic (exact) mass is 281 g/mol. The molecule has 1 heterocycles. The van der Waals surface area contributed by atoms with E-state index >= 15 is 0 Å². The van der Waals surface area contributed by atoms with Crippen LogP contribution in [0.4, 0.5) is 4.39 Å². The fourth-order valence-corrected chi connectivity index (χ4v) is 1.77. The van der Waals surface area contributed by atoms with Crippen molar-refractivity contribution in [2.24, 2.45) is 0 Å². The van der Waals surface area contributed by atoms with Gasteiger partial charge >= 0.3 is 5.97 Å². The predicted octanol–water partition coefficient (Wildman–Crippen LogP) is 2.53. The summed E-state index contributed by atoms with van der Waals surface area (Å²) in [6, 6.07) is 4.26. The molecule has 0 aliphatic carbocycles. The average Bonchev–Trinajstić information content (AvgIpc) is 2.95. The summed E-state index contributed by atoms with van der Waals surface area (Å²) >= 11 is 0. The molecule has 0 bridgehead atoms. The number of hydrogen-bond acceptors (Lipinski definition) is 5. The molecule has 2 aromatic rings. The number of ether oxygens (including phenoxy) is 2. The Hall–Kier alpha value is -2.57. The molecule has 0 fully saturated rings. The molecule has 6 nitrogen and oxygen atoms in total. The van der Waals surface area contributed by atoms with E-state index in [0.29, 0.717) is 22.6 Å². The van der Waals surface area contributed by atoms with Gasteiger partial charge in [0.05, 0.1) is 14.2 Å². The van der Waals surface area contributed by atoms with Gasteiger partial charge in [0.1, 0.15) is 23.9 Å². The van der Waals surface area contributed by atoms with Crippen molar-refractivity contribution in [3.8, 4) is 22.8 Å². The summed E-state index contributed by atoms with van der Waals surface area (Å²) in [5.74, 6) is -0.850. The highest BCUT2D eigenvalue weighted by atomic mass is 19.1. The molecule has 7 heteroatoms. The van der Waals surface area contributed by atoms with Crippen LogP contribution in [0, 0.1) is 0 Å². The molecule has 0 aliphatic heterocycles. The Balaban J connectivity index is 2.56. The molecular weight excluding hydrogens is 269 g/mol. The van der Waals surface area contributed by atoms with E-state index in [-0.39, 0.29) is 11.5 Å². The molecular formula is C13H12FNO5. The van der Waals surface area contributed by atoms with Crippen molar-refractivity contribution in [3.05, 3.63) is 29.5 Å². The van der Waals surface area contributed by atoms with Crippen molar-refractivity contribution < 1.29 is 28.3 Å². The summed E-state index contributed by atoms with van der Waals surface area (Å²) in [4.78, 5) is 10.8. The standard InChI is InChI=1S/C13H12FNO5/c1-18-10-4-8(11(19-2)3-7(10)6-14)9-5-12(13(16)17)20-15-9/h3-5H,6H2,1-2H3,(H,16,17). The largest absolute Gasteiger partial charge is 0.496 e. The topological polar surface area (TPSA) is 81.8 Å². The highest BCUT2D eigenvalue weighted by Crippen LogP contribution is 2.36. The summed E-state index contributed by atoms with van der Waals surface area (Å²) in [6.07, 6.45) is 0. The van der Waals surface area contributed by atoms with Gasteiger partial charge in [-0.3, -0.25) is 0 Å². The third kappa shape index (κ3) is 2.42. The van der Waals surface area contributed by atoms with Gasteiger partial charge < -0.3 is 19.1 Å². The van der Waals surface area contributed by atoms with Gasteiger partial charge in [-0.2, -0.15) is 0 Å². The second kappa shape index (κ2) is 5.60. The number of carbonyl (C=O) groups is 1. The van der Waals surface area contributed by atoms with E-state index in [0.717, 1.165) is 0 Å². The van der Waals surface area contributed by atoms with E-state index in [1.54, 1.807) is 0 Å². The van der Waals surface area contributed by atoms with Gasteiger partial charge in [-0.15, -0.1) is 0 Å². The van der Waals surface area contributed by atoms with Crippen molar-refractivity contribution in [1.29, 1.82) is 0 Å². The first-order valence-corrected chi connectivity index (χ1v) is 5.62. The highest BCUT2D eigenvalue weighted by Gasteiger charge is 2.18. The zero-order valence-electron chi connectivity index (χ0n) is 10.8. The minimum Gasteiger partial charge on any atom is -0.496 e. The van der Waals surface area contributed by atoms with E-state index in [9.17, 15) is 9.18 Å². The van der Waals surface area contributed by atoms with E-state index < -0.39 is 12.6 Å². The second-order valence-corrected chi connectivity index (χ2v) is 3.88. The lowest BCUT2D eigenvalue weighted by atomic mass is 10.1. The van der Waals surface area contributed by atoms with Crippen LogP contribution < -0.4 is 9.47 Å². The maximum Gasteiger partial charge on any atom is 0.374 e. The number of carboxylic acid groups (broad SMARTS) is 1. The van der Waals surface area contributed by atoms with Crippen LogP contribution in [-0.2, 0) is 6.67 Å². The van der Waals surface area contributed by atoms with Gasteiger partial charge in [-0.1, -0.05) is 5.16 Å². The van der Waals surface area contributed by atoms with Gasteiger partial charge in [0, 0.05) is 17.2 Å². The zero-order chi connectivity index (χ0) is 14.7. The number of hydrogen-bond donors (Lipinski definition) is 1. The van der Waals surface area contributed by atoms with Gasteiger partial charge in [-0.25, -0.2) is 9.18 Å². The lowest BCUT2D eigenvalue weighted by Crippen LogP contribution is -1.95. The molecule has 0 saturated carbocycles. The van der Waals surface area contributed by atoms with Crippen molar-refractivity contribution in [2.75, 3.05) is 14.2 Å². The van der Waals surface area contributed by atoms with Crippen LogP contribution in [0.5, 0.6) is 11.5 Å². The smallest absolute Gasteiger partial charge is 0.374 e. The molecule has 0 radical (unpaired) electrons. The Bertz CT molecular complexity index is 638. The van der Waals surface area contributed by atoms with Crippen LogP contribution in [0.3, 0.4) is 0 Å². The summed E-state index contributed by atoms with van der Waals surface area (Å²) in [6.45, 7) is -0.709. The predicted molar refractivity (Wildman–Crippen MR) is 66.8 cm³/mol. The van der Waals surface area contributed by atoms with Crippen molar-refractivity contribution in [3.63, 3.8) is 0 Å². The number of nitrogens with zero attached hydrogens (tertiary/aromatic N) is 1. The summed E-state index contributed by atoms with van der Waals surface area (Å²) in [5, 5.41) is 12.5. The Kier molecular flexibility index (Phi) is 3.88. The van der Waals surface area contributed by atoms with Gasteiger partial charge in [0.15, 0.2) is 0 Å². The molecule has 0 amide bonds. The van der Waals surface area contributed by atoms with Crippen LogP contribution >= 0.6 is 0 Å². The molecule has 2 rings (SSSR count). The molecule has 1 aromatic carbocycles. The third-order valence-electron chi connectivity index (χ3n) is 2.74. The minimum atomic E-state index is -1.23. The Morgan fingerprint density at radius 2 is 2.00 bits per heavy atom. The first-order valence-electron chi connectivity index (χ1n) is 5.62. The normalized spacial score (nSPS) is 10.3. The molecule has 1 aromatic heterocycles. The number of carboxylic acids is 1. The van der Waals surface area contributed by atoms with Crippen LogP contribution in [0.2, 0.25) is 0 Å². The van der Waals surface area contributed by atoms with Crippen LogP contribution in [0.15, 0.2) is 22.7 Å². The Morgan fingerprint density at radius 1 is 1.30 bits per heavy atom. The molecule has 0 atom stereocenters. The number of alkyl halides is 1. The molecule has 0 spiro atoms. The lowest BCUT2D eigenvalue weighted by Gasteiger charge is -2.11. The van der Waals surface area contributed by atoms with Crippen LogP contribution in [0.1, 0.15) is 16.1 Å². The SMILES string of the molecule is COc1cc(-c2cc(C(=O)O)on2)c(OC)cc1CF. The number of aromatic nitrogens is 1. The van der Waals surface area contributed by atoms with Crippen LogP contribution in [0.25, 0.3) is 11.3 Å². The van der Waals surface area contributed by atoms with Gasteiger partial charge in [0.25, 0.3) is 0 Å². The van der Waals surface area contributed by atoms with E-state index in [1.165, 1.54) is 32.4 Å². The quantitative estimate of drug-likeness (QED) is 0.906. The average molecular weight is 281 g/mol. The number of benzene rings is 1. The van der Waals surface area contributed by atoms with Crippen molar-refractivity contribution in [1.82, 2.24) is 5.16 Å². The molecule has 0 aliphatic rings. The van der Waals surface area contributed by atoms with Crippen molar-refractivity contribution in [2.45, 2.75) is 6.67 Å². The molecule has 20 heavy (non-hydrogen) atoms. The Morgan fingerprint density at radius 3 is 2.50 bits per heavy atom. The van der Waals surface area contributed by atoms with Gasteiger partial charge in [-0.05, 0) is 12.1 Å². The summed E-state index contributed by atoms with van der Waals surface area (Å²) in [5.41, 5.74) is 1.05. The summed E-state index contributed by atoms with van der Waals surface area (Å²) < 4.78 is 27.8. The fourth-order valence-electron chi connectivity index (χ4n) is 1.77. The van der Waals surface area contributed by atoms with E-state index in [2.05, 4.69) is 5.16 Å². The van der Waals surface area contributed by atoms with Gasteiger partial charge in [0.2, 0.25) is 5.76 Å². The maximum absolute atomic E-state index is 12.9. The lowest BCUT2D eigenvalue weighted by molar-refractivity contribution is 0.0652. The number of methoxy groups -OCH3 is 2. The zero-order valence-corrected chi connectivity index (χ0v) is 10.8. The minimum absolute atomic E-state index is 0.267. The van der Waals surface area contributed by atoms with E-state index in [4.69, 9.17) is 19.1 Å². The molecule has 1 N–H and O–H groups in total. The fraction of sp³-hybridized carbons (Fsp3) is 0.231. The second-order valence-electron chi connectivity index (χ2n) is 3.88. The number of rotatable bonds is 5. The third-order valence-corrected chi connectivity index (χ3v) is 2.74. The molecule has 0 saturated heterocycles.